The van der Waals surface area contributed by atoms with Gasteiger partial charge in [-0.05, 0) is 67.9 Å². The van der Waals surface area contributed by atoms with Gasteiger partial charge in [0.05, 0.1) is 12.0 Å². The third kappa shape index (κ3) is 2.10. The molecular formula is C21H30O2. The number of fused-ring (bicyclic) bond motifs is 3. The lowest BCUT2D eigenvalue weighted by molar-refractivity contribution is -0.159. The highest BCUT2D eigenvalue weighted by Gasteiger charge is 2.64. The van der Waals surface area contributed by atoms with Gasteiger partial charge in [0.2, 0.25) is 0 Å². The highest BCUT2D eigenvalue weighted by atomic mass is 16.5. The average Bonchev–Trinajstić information content (AvgIpc) is 2.66. The fraction of sp³-hybridized carbons (Fsp3) is 0.667. The predicted octanol–water partition coefficient (Wildman–Crippen LogP) is 5.07. The normalized spacial score (nSPS) is 42.2. The number of hydrogen-bond donors (Lipinski definition) is 0. The van der Waals surface area contributed by atoms with Crippen molar-refractivity contribution in [3.63, 3.8) is 0 Å². The van der Waals surface area contributed by atoms with Crippen LogP contribution in [-0.4, -0.2) is 12.6 Å². The van der Waals surface area contributed by atoms with Gasteiger partial charge >= 0.3 is 5.97 Å². The van der Waals surface area contributed by atoms with Gasteiger partial charge in [-0.2, -0.15) is 0 Å². The van der Waals surface area contributed by atoms with Crippen LogP contribution in [0, 0.1) is 28.6 Å². The van der Waals surface area contributed by atoms with Gasteiger partial charge in [-0.3, -0.25) is 4.79 Å². The molecule has 0 spiro atoms. The van der Waals surface area contributed by atoms with Gasteiger partial charge in [0, 0.05) is 0 Å². The number of esters is 1. The first-order valence-corrected chi connectivity index (χ1v) is 9.03. The second-order valence-electron chi connectivity index (χ2n) is 8.20. The summed E-state index contributed by atoms with van der Waals surface area (Å²) in [4.78, 5) is 13.1. The SMILES string of the molecule is CCOC(=O)C1(C)C2=CC(C)C(C)C=C2C2CC=C(C)CC21C. The molecule has 5 atom stereocenters. The van der Waals surface area contributed by atoms with E-state index in [0.717, 1.165) is 12.8 Å². The summed E-state index contributed by atoms with van der Waals surface area (Å²) in [5.74, 6) is 1.40. The molecule has 3 aliphatic rings. The fourth-order valence-corrected chi connectivity index (χ4v) is 5.07. The van der Waals surface area contributed by atoms with Crippen molar-refractivity contribution in [2.45, 2.75) is 54.4 Å². The van der Waals surface area contributed by atoms with Gasteiger partial charge in [-0.25, -0.2) is 0 Å². The number of carbonyl (C=O) groups is 1. The molecule has 0 aromatic heterocycles. The Morgan fingerprint density at radius 1 is 1.26 bits per heavy atom. The largest absolute Gasteiger partial charge is 0.465 e. The van der Waals surface area contributed by atoms with Crippen LogP contribution in [-0.2, 0) is 9.53 Å². The Morgan fingerprint density at radius 3 is 2.57 bits per heavy atom. The van der Waals surface area contributed by atoms with Crippen molar-refractivity contribution in [3.05, 3.63) is 34.9 Å². The molecule has 0 heterocycles. The van der Waals surface area contributed by atoms with Crippen molar-refractivity contribution in [2.75, 3.05) is 6.61 Å². The first-order valence-electron chi connectivity index (χ1n) is 9.03. The minimum Gasteiger partial charge on any atom is -0.465 e. The quantitative estimate of drug-likeness (QED) is 0.525. The summed E-state index contributed by atoms with van der Waals surface area (Å²) in [6.45, 7) is 13.5. The Morgan fingerprint density at radius 2 is 1.91 bits per heavy atom. The summed E-state index contributed by atoms with van der Waals surface area (Å²) in [5.41, 5.74) is 3.44. The maximum absolute atomic E-state index is 13.1. The molecule has 126 valence electrons. The lowest BCUT2D eigenvalue weighted by atomic mass is 9.58. The summed E-state index contributed by atoms with van der Waals surface area (Å²) in [6, 6.07) is 0. The van der Waals surface area contributed by atoms with Gasteiger partial charge in [0.1, 0.15) is 0 Å². The fourth-order valence-electron chi connectivity index (χ4n) is 5.07. The minimum atomic E-state index is -0.538. The molecule has 0 amide bonds. The van der Waals surface area contributed by atoms with Crippen molar-refractivity contribution in [2.24, 2.45) is 28.6 Å². The molecule has 0 bridgehead atoms. The monoisotopic (exact) mass is 314 g/mol. The molecule has 0 saturated heterocycles. The molecule has 2 nitrogen and oxygen atoms in total. The molecule has 5 unspecified atom stereocenters. The van der Waals surface area contributed by atoms with Gasteiger partial charge in [0.25, 0.3) is 0 Å². The Labute approximate surface area is 140 Å². The molecule has 1 saturated carbocycles. The van der Waals surface area contributed by atoms with Crippen LogP contribution < -0.4 is 0 Å². The molecule has 0 radical (unpaired) electrons. The number of hydrogen-bond acceptors (Lipinski definition) is 2. The molecule has 3 aliphatic carbocycles. The zero-order valence-electron chi connectivity index (χ0n) is 15.4. The number of allylic oxidation sites excluding steroid dienone is 5. The molecular weight excluding hydrogens is 284 g/mol. The Bertz CT molecular complexity index is 624. The summed E-state index contributed by atoms with van der Waals surface area (Å²) >= 11 is 0. The van der Waals surface area contributed by atoms with Crippen LogP contribution >= 0.6 is 0 Å². The van der Waals surface area contributed by atoms with Crippen molar-refractivity contribution >= 4 is 5.97 Å². The van der Waals surface area contributed by atoms with Gasteiger partial charge in [0.15, 0.2) is 0 Å². The van der Waals surface area contributed by atoms with Crippen LogP contribution in [0.5, 0.6) is 0 Å². The summed E-state index contributed by atoms with van der Waals surface area (Å²) < 4.78 is 5.56. The lowest BCUT2D eigenvalue weighted by Crippen LogP contribution is -2.45. The van der Waals surface area contributed by atoms with E-state index >= 15 is 0 Å². The standard InChI is InChI=1S/C21H30O2/c1-7-23-19(22)21(6)18-11-15(4)14(3)10-16(18)17-9-8-13(2)12-20(17,21)5/h8,10-11,14-15,17H,7,9,12H2,1-6H3. The van der Waals surface area contributed by atoms with E-state index in [0.29, 0.717) is 24.4 Å². The number of carbonyl (C=O) groups excluding carboxylic acids is 1. The van der Waals surface area contributed by atoms with E-state index < -0.39 is 5.41 Å². The van der Waals surface area contributed by atoms with E-state index in [2.05, 4.69) is 52.8 Å². The average molecular weight is 314 g/mol. The van der Waals surface area contributed by atoms with E-state index in [1.807, 2.05) is 6.92 Å². The molecule has 2 heteroatoms. The molecule has 23 heavy (non-hydrogen) atoms. The second-order valence-corrected chi connectivity index (χ2v) is 8.20. The van der Waals surface area contributed by atoms with E-state index in [9.17, 15) is 4.79 Å². The third-order valence-electron chi connectivity index (χ3n) is 6.87. The lowest BCUT2D eigenvalue weighted by Gasteiger charge is -2.44. The Kier molecular flexibility index (Phi) is 3.85. The van der Waals surface area contributed by atoms with Crippen LogP contribution in [0.15, 0.2) is 34.9 Å². The molecule has 3 rings (SSSR count). The van der Waals surface area contributed by atoms with Gasteiger partial charge in [-0.1, -0.05) is 44.6 Å². The molecule has 0 aliphatic heterocycles. The van der Waals surface area contributed by atoms with Crippen LogP contribution in [0.4, 0.5) is 0 Å². The van der Waals surface area contributed by atoms with Crippen LogP contribution in [0.25, 0.3) is 0 Å². The summed E-state index contributed by atoms with van der Waals surface area (Å²) in [5, 5.41) is 0. The molecule has 0 aromatic rings. The summed E-state index contributed by atoms with van der Waals surface area (Å²) in [7, 11) is 0. The van der Waals surface area contributed by atoms with Crippen molar-refractivity contribution in [1.82, 2.24) is 0 Å². The maximum atomic E-state index is 13.1. The zero-order chi connectivity index (χ0) is 17.0. The van der Waals surface area contributed by atoms with Crippen molar-refractivity contribution in [1.29, 1.82) is 0 Å². The van der Waals surface area contributed by atoms with Crippen LogP contribution in [0.1, 0.15) is 54.4 Å². The molecule has 1 fully saturated rings. The van der Waals surface area contributed by atoms with Gasteiger partial charge in [-0.15, -0.1) is 0 Å². The predicted molar refractivity (Wildman–Crippen MR) is 93.8 cm³/mol. The Hall–Kier alpha value is -1.31. The van der Waals surface area contributed by atoms with E-state index in [1.54, 1.807) is 0 Å². The zero-order valence-corrected chi connectivity index (χ0v) is 15.4. The highest BCUT2D eigenvalue weighted by molar-refractivity contribution is 5.85. The second kappa shape index (κ2) is 5.36. The first-order chi connectivity index (χ1) is 10.8. The molecule has 0 aromatic carbocycles. The van der Waals surface area contributed by atoms with E-state index in [4.69, 9.17) is 4.74 Å². The van der Waals surface area contributed by atoms with Gasteiger partial charge < -0.3 is 4.74 Å². The number of ether oxygens (including phenoxy) is 1. The van der Waals surface area contributed by atoms with E-state index in [-0.39, 0.29) is 11.4 Å². The van der Waals surface area contributed by atoms with Crippen molar-refractivity contribution in [3.8, 4) is 0 Å². The van der Waals surface area contributed by atoms with Crippen LogP contribution in [0.2, 0.25) is 0 Å². The first kappa shape index (κ1) is 16.5. The smallest absolute Gasteiger partial charge is 0.316 e. The summed E-state index contributed by atoms with van der Waals surface area (Å²) in [6.07, 6.45) is 9.17. The van der Waals surface area contributed by atoms with Crippen molar-refractivity contribution < 1.29 is 9.53 Å². The minimum absolute atomic E-state index is 0.0430. The third-order valence-corrected chi connectivity index (χ3v) is 6.87. The molecule has 0 N–H and O–H groups in total. The van der Waals surface area contributed by atoms with Crippen LogP contribution in [0.3, 0.4) is 0 Å². The maximum Gasteiger partial charge on any atom is 0.316 e. The highest BCUT2D eigenvalue weighted by Crippen LogP contribution is 2.68. The van der Waals surface area contributed by atoms with E-state index in [1.165, 1.54) is 16.7 Å². The number of rotatable bonds is 2. The topological polar surface area (TPSA) is 26.3 Å². The Balaban J connectivity index is 2.20.